The molecule has 3 heterocycles. The second kappa shape index (κ2) is 10.7. The highest BCUT2D eigenvalue weighted by Gasteiger charge is 2.40. The quantitative estimate of drug-likeness (QED) is 0.480. The molecule has 0 atom stereocenters. The topological polar surface area (TPSA) is 88.8 Å². The Morgan fingerprint density at radius 1 is 1.05 bits per heavy atom. The summed E-state index contributed by atoms with van der Waals surface area (Å²) in [6.45, 7) is 4.53. The normalized spacial score (nSPS) is 16.9. The molecule has 5 rings (SSSR count). The number of piperidine rings is 1. The number of rotatable bonds is 8. The van der Waals surface area contributed by atoms with Crippen molar-refractivity contribution in [2.24, 2.45) is 5.41 Å². The zero-order chi connectivity index (χ0) is 25.8. The average Bonchev–Trinajstić information content (AvgIpc) is 2.93. The van der Waals surface area contributed by atoms with Gasteiger partial charge in [-0.05, 0) is 43.6 Å². The Hall–Kier alpha value is -3.78. The Kier molecular flexibility index (Phi) is 7.19. The number of benzene rings is 2. The summed E-state index contributed by atoms with van der Waals surface area (Å²) in [6, 6.07) is 14.4. The number of nitrogen functional groups attached to an aromatic ring is 1. The SMILES string of the molecule is COc1cc2nc(N(C)CC3(C4=CC=CCN4Cc4ccccc4)CCNCC3)nc(N)c2cc1OC. The van der Waals surface area contributed by atoms with Gasteiger partial charge in [-0.15, -0.1) is 0 Å². The summed E-state index contributed by atoms with van der Waals surface area (Å²) in [5, 5.41) is 4.30. The van der Waals surface area contributed by atoms with E-state index < -0.39 is 0 Å². The summed E-state index contributed by atoms with van der Waals surface area (Å²) in [6.07, 6.45) is 8.82. The molecule has 3 aromatic rings. The molecule has 1 fully saturated rings. The third-order valence-corrected chi connectivity index (χ3v) is 7.48. The fourth-order valence-corrected chi connectivity index (χ4v) is 5.58. The standard InChI is InChI=1S/C29H36N6O2/c1-34(28-32-23-18-25(37-3)24(36-2)17-22(23)27(30)33-28)20-29(12-14-31-15-13-29)26-11-7-8-16-35(26)19-21-9-5-4-6-10-21/h4-11,17-18,31H,12-16,19-20H2,1-3H3,(H2,30,32,33). The molecular formula is C29H36N6O2. The fourth-order valence-electron chi connectivity index (χ4n) is 5.58. The lowest BCUT2D eigenvalue weighted by Gasteiger charge is -2.47. The molecule has 0 spiro atoms. The van der Waals surface area contributed by atoms with Crippen LogP contribution in [0.4, 0.5) is 11.8 Å². The van der Waals surface area contributed by atoms with Gasteiger partial charge in [0.15, 0.2) is 11.5 Å². The van der Waals surface area contributed by atoms with E-state index in [0.29, 0.717) is 23.3 Å². The van der Waals surface area contributed by atoms with Crippen molar-refractivity contribution in [3.8, 4) is 11.5 Å². The number of nitrogens with one attached hydrogen (secondary N) is 1. The van der Waals surface area contributed by atoms with E-state index in [1.54, 1.807) is 14.2 Å². The van der Waals surface area contributed by atoms with Crippen molar-refractivity contribution in [2.75, 3.05) is 58.1 Å². The minimum atomic E-state index is -0.0375. The van der Waals surface area contributed by atoms with E-state index in [9.17, 15) is 0 Å². The van der Waals surface area contributed by atoms with Crippen LogP contribution in [0.3, 0.4) is 0 Å². The van der Waals surface area contributed by atoms with E-state index in [-0.39, 0.29) is 5.41 Å². The molecule has 0 bridgehead atoms. The summed E-state index contributed by atoms with van der Waals surface area (Å²) in [5.41, 5.74) is 9.81. The van der Waals surface area contributed by atoms with E-state index in [2.05, 4.69) is 70.7 Å². The Labute approximate surface area is 218 Å². The summed E-state index contributed by atoms with van der Waals surface area (Å²) < 4.78 is 10.9. The molecule has 0 aliphatic carbocycles. The highest BCUT2D eigenvalue weighted by Crippen LogP contribution is 2.42. The van der Waals surface area contributed by atoms with Gasteiger partial charge in [0, 0.05) is 49.2 Å². The van der Waals surface area contributed by atoms with Gasteiger partial charge in [-0.2, -0.15) is 4.98 Å². The lowest BCUT2D eigenvalue weighted by atomic mass is 9.74. The predicted molar refractivity (Wildman–Crippen MR) is 149 cm³/mol. The number of allylic oxidation sites excluding steroid dienone is 2. The van der Waals surface area contributed by atoms with Crippen LogP contribution < -0.4 is 25.4 Å². The van der Waals surface area contributed by atoms with Crippen molar-refractivity contribution in [1.82, 2.24) is 20.2 Å². The van der Waals surface area contributed by atoms with Crippen molar-refractivity contribution < 1.29 is 9.47 Å². The predicted octanol–water partition coefficient (Wildman–Crippen LogP) is 3.99. The van der Waals surface area contributed by atoms with Crippen molar-refractivity contribution >= 4 is 22.7 Å². The first-order chi connectivity index (χ1) is 18.0. The molecule has 0 amide bonds. The van der Waals surface area contributed by atoms with E-state index in [1.807, 2.05) is 12.1 Å². The second-order valence-corrected chi connectivity index (χ2v) is 9.87. The third-order valence-electron chi connectivity index (χ3n) is 7.48. The molecule has 8 nitrogen and oxygen atoms in total. The van der Waals surface area contributed by atoms with Gasteiger partial charge >= 0.3 is 0 Å². The second-order valence-electron chi connectivity index (χ2n) is 9.87. The molecular weight excluding hydrogens is 464 g/mol. The Balaban J connectivity index is 1.47. The molecule has 194 valence electrons. The fraction of sp³-hybridized carbons (Fsp3) is 0.379. The number of nitrogens with zero attached hydrogens (tertiary/aromatic N) is 4. The van der Waals surface area contributed by atoms with Crippen LogP contribution in [0.25, 0.3) is 10.9 Å². The van der Waals surface area contributed by atoms with Crippen LogP contribution in [-0.2, 0) is 6.54 Å². The van der Waals surface area contributed by atoms with Crippen LogP contribution in [0.15, 0.2) is 66.4 Å². The minimum Gasteiger partial charge on any atom is -0.493 e. The number of fused-ring (bicyclic) bond motifs is 1. The lowest BCUT2D eigenvalue weighted by molar-refractivity contribution is 0.182. The number of ether oxygens (including phenoxy) is 2. The molecule has 1 saturated heterocycles. The van der Waals surface area contributed by atoms with E-state index >= 15 is 0 Å². The maximum absolute atomic E-state index is 6.41. The molecule has 1 aromatic heterocycles. The molecule has 37 heavy (non-hydrogen) atoms. The molecule has 0 radical (unpaired) electrons. The number of hydrogen-bond donors (Lipinski definition) is 2. The van der Waals surface area contributed by atoms with Gasteiger partial charge in [0.2, 0.25) is 5.95 Å². The zero-order valence-corrected chi connectivity index (χ0v) is 21.9. The number of methoxy groups -OCH3 is 2. The van der Waals surface area contributed by atoms with Gasteiger partial charge in [-0.3, -0.25) is 0 Å². The summed E-state index contributed by atoms with van der Waals surface area (Å²) >= 11 is 0. The molecule has 2 aliphatic heterocycles. The summed E-state index contributed by atoms with van der Waals surface area (Å²) in [7, 11) is 5.29. The highest BCUT2D eigenvalue weighted by atomic mass is 16.5. The first-order valence-electron chi connectivity index (χ1n) is 12.8. The van der Waals surface area contributed by atoms with Crippen LogP contribution in [0.5, 0.6) is 11.5 Å². The molecule has 8 heteroatoms. The van der Waals surface area contributed by atoms with Crippen LogP contribution in [0.2, 0.25) is 0 Å². The smallest absolute Gasteiger partial charge is 0.227 e. The Morgan fingerprint density at radius 3 is 2.51 bits per heavy atom. The lowest BCUT2D eigenvalue weighted by Crippen LogP contribution is -2.49. The van der Waals surface area contributed by atoms with Gasteiger partial charge in [-0.1, -0.05) is 42.5 Å². The van der Waals surface area contributed by atoms with Gasteiger partial charge in [0.1, 0.15) is 5.82 Å². The molecule has 0 saturated carbocycles. The van der Waals surface area contributed by atoms with Gasteiger partial charge in [0.05, 0.1) is 19.7 Å². The monoisotopic (exact) mass is 500 g/mol. The van der Waals surface area contributed by atoms with Crippen molar-refractivity contribution in [3.63, 3.8) is 0 Å². The van der Waals surface area contributed by atoms with Crippen molar-refractivity contribution in [1.29, 1.82) is 0 Å². The first-order valence-corrected chi connectivity index (χ1v) is 12.8. The highest BCUT2D eigenvalue weighted by molar-refractivity contribution is 5.91. The molecule has 2 aromatic carbocycles. The number of anilines is 2. The van der Waals surface area contributed by atoms with Crippen LogP contribution in [0.1, 0.15) is 18.4 Å². The molecule has 0 unspecified atom stereocenters. The van der Waals surface area contributed by atoms with E-state index in [0.717, 1.165) is 56.5 Å². The first kappa shape index (κ1) is 24.9. The van der Waals surface area contributed by atoms with Gasteiger partial charge < -0.3 is 30.3 Å². The Bertz CT molecular complexity index is 1300. The maximum atomic E-state index is 6.41. The van der Waals surface area contributed by atoms with E-state index in [4.69, 9.17) is 25.2 Å². The number of nitrogens with two attached hydrogens (primary N) is 1. The van der Waals surface area contributed by atoms with Crippen LogP contribution >= 0.6 is 0 Å². The van der Waals surface area contributed by atoms with Gasteiger partial charge in [-0.25, -0.2) is 4.98 Å². The molecule has 3 N–H and O–H groups in total. The van der Waals surface area contributed by atoms with Crippen LogP contribution in [0, 0.1) is 5.41 Å². The summed E-state index contributed by atoms with van der Waals surface area (Å²) in [4.78, 5) is 14.2. The number of aromatic nitrogens is 2. The Morgan fingerprint density at radius 2 is 1.78 bits per heavy atom. The van der Waals surface area contributed by atoms with E-state index in [1.165, 1.54) is 11.3 Å². The van der Waals surface area contributed by atoms with Crippen LogP contribution in [-0.4, -0.2) is 62.3 Å². The van der Waals surface area contributed by atoms with Gasteiger partial charge in [0.25, 0.3) is 0 Å². The van der Waals surface area contributed by atoms with Crippen molar-refractivity contribution in [3.05, 3.63) is 72.0 Å². The number of hydrogen-bond acceptors (Lipinski definition) is 8. The average molecular weight is 501 g/mol. The third kappa shape index (κ3) is 5.06. The maximum Gasteiger partial charge on any atom is 0.227 e. The largest absolute Gasteiger partial charge is 0.493 e. The zero-order valence-electron chi connectivity index (χ0n) is 21.9. The summed E-state index contributed by atoms with van der Waals surface area (Å²) in [5.74, 6) is 2.26. The molecule has 2 aliphatic rings. The minimum absolute atomic E-state index is 0.0375. The van der Waals surface area contributed by atoms with Crippen molar-refractivity contribution in [2.45, 2.75) is 19.4 Å².